The number of hydrogen-bond acceptors (Lipinski definition) is 10. The second-order valence-corrected chi connectivity index (χ2v) is 16.2. The van der Waals surface area contributed by atoms with E-state index in [1.54, 1.807) is 53.7 Å². The summed E-state index contributed by atoms with van der Waals surface area (Å²) >= 11 is 0. The lowest BCUT2D eigenvalue weighted by Gasteiger charge is -2.39. The number of carbonyl (C=O) groups is 5. The molecular weight excluding hydrogens is 643 g/mol. The molecule has 0 saturated carbocycles. The molecule has 7 N–H and O–H groups in total. The molecule has 1 saturated heterocycles. The first-order chi connectivity index (χ1) is 22.0. The quantitative estimate of drug-likeness (QED) is 0.177. The van der Waals surface area contributed by atoms with E-state index < -0.39 is 75.9 Å². The van der Waals surface area contributed by atoms with E-state index in [4.69, 9.17) is 10.5 Å². The van der Waals surface area contributed by atoms with Crippen molar-refractivity contribution in [1.29, 1.82) is 0 Å². The third kappa shape index (κ3) is 11.2. The minimum Gasteiger partial charge on any atom is -0.508 e. The molecule has 1 heterocycles. The Morgan fingerprint density at radius 1 is 0.936 bits per heavy atom. The summed E-state index contributed by atoms with van der Waals surface area (Å²) < 4.78 is 3.53. The number of carbonyl (C=O) groups excluding carboxylic acids is 5. The lowest BCUT2D eigenvalue weighted by molar-refractivity contribution is -0.152. The van der Waals surface area contributed by atoms with Gasteiger partial charge < -0.3 is 36.8 Å². The summed E-state index contributed by atoms with van der Waals surface area (Å²) in [7, 11) is 2.50. The maximum Gasteiger partial charge on any atom is 0.330 e. The van der Waals surface area contributed by atoms with Crippen LogP contribution in [0.2, 0.25) is 0 Å². The number of phenolic OH excluding ortho intramolecular Hbond substituents is 1. The summed E-state index contributed by atoms with van der Waals surface area (Å²) in [5.74, 6) is -3.00. The summed E-state index contributed by atoms with van der Waals surface area (Å²) in [5, 5.41) is 20.4. The Balaban J connectivity index is 1.93. The monoisotopic (exact) mass is 687 g/mol. The number of benzene rings is 2. The van der Waals surface area contributed by atoms with Gasteiger partial charge in [-0.3, -0.25) is 19.2 Å². The summed E-state index contributed by atoms with van der Waals surface area (Å²) in [4.78, 5) is 67.2. The SMILES string of the molecule is CC(C)OC(=O)C1NC(=O)C(Cc2ccccc2)NC(=O)CNC(=O)C(NC(=O)C(N)Cc2ccc(O)cc2)C(C)(C)SSC1(C)C. The molecule has 1 aliphatic rings. The van der Waals surface area contributed by atoms with Gasteiger partial charge in [0.25, 0.3) is 0 Å². The van der Waals surface area contributed by atoms with Crippen LogP contribution in [0.5, 0.6) is 5.75 Å². The number of rotatable bonds is 8. The number of aromatic hydroxyl groups is 1. The zero-order valence-corrected chi connectivity index (χ0v) is 29.1. The van der Waals surface area contributed by atoms with E-state index in [0.29, 0.717) is 0 Å². The van der Waals surface area contributed by atoms with Crippen LogP contribution in [0.15, 0.2) is 54.6 Å². The Hall–Kier alpha value is -3.75. The number of amides is 4. The van der Waals surface area contributed by atoms with Crippen molar-refractivity contribution in [2.45, 2.75) is 94.1 Å². The van der Waals surface area contributed by atoms with E-state index in [1.807, 2.05) is 30.3 Å². The Morgan fingerprint density at radius 2 is 1.55 bits per heavy atom. The van der Waals surface area contributed by atoms with Crippen LogP contribution >= 0.6 is 21.6 Å². The number of hydrogen-bond donors (Lipinski definition) is 6. The number of phenols is 1. The summed E-state index contributed by atoms with van der Waals surface area (Å²) in [6.07, 6.45) is -0.169. The van der Waals surface area contributed by atoms with Crippen LogP contribution in [0.3, 0.4) is 0 Å². The highest BCUT2D eigenvalue weighted by Crippen LogP contribution is 2.47. The molecule has 0 aromatic heterocycles. The van der Waals surface area contributed by atoms with Crippen LogP contribution in [-0.2, 0) is 41.6 Å². The Morgan fingerprint density at radius 3 is 2.17 bits per heavy atom. The summed E-state index contributed by atoms with van der Waals surface area (Å²) in [6, 6.07) is 11.0. The fraction of sp³-hybridized carbons (Fsp3) is 0.485. The Kier molecular flexibility index (Phi) is 13.1. The van der Waals surface area contributed by atoms with Crippen molar-refractivity contribution in [3.8, 4) is 5.75 Å². The average Bonchev–Trinajstić information content (AvgIpc) is 3.00. The fourth-order valence-electron chi connectivity index (χ4n) is 4.73. The molecule has 2 aromatic carbocycles. The molecule has 4 amide bonds. The smallest absolute Gasteiger partial charge is 0.330 e. The third-order valence-electron chi connectivity index (χ3n) is 7.37. The normalized spacial score (nSPS) is 22.6. The van der Waals surface area contributed by atoms with Crippen LogP contribution in [0.1, 0.15) is 52.7 Å². The van der Waals surface area contributed by atoms with Crippen molar-refractivity contribution in [3.05, 3.63) is 65.7 Å². The van der Waals surface area contributed by atoms with E-state index in [0.717, 1.165) is 11.1 Å². The minimum atomic E-state index is -1.15. The second kappa shape index (κ2) is 16.4. The zero-order chi connectivity index (χ0) is 34.9. The molecule has 0 radical (unpaired) electrons. The van der Waals surface area contributed by atoms with Gasteiger partial charge in [-0.1, -0.05) is 64.1 Å². The maximum absolute atomic E-state index is 13.7. The molecule has 3 rings (SSSR count). The van der Waals surface area contributed by atoms with Gasteiger partial charge in [-0.05, 0) is 71.2 Å². The highest BCUT2D eigenvalue weighted by atomic mass is 33.1. The van der Waals surface area contributed by atoms with Gasteiger partial charge in [-0.2, -0.15) is 0 Å². The predicted octanol–water partition coefficient (Wildman–Crippen LogP) is 1.98. The van der Waals surface area contributed by atoms with Crippen molar-refractivity contribution in [3.63, 3.8) is 0 Å². The topological polar surface area (TPSA) is 189 Å². The first-order valence-corrected chi connectivity index (χ1v) is 17.5. The van der Waals surface area contributed by atoms with Crippen LogP contribution in [0.4, 0.5) is 0 Å². The van der Waals surface area contributed by atoms with Crippen molar-refractivity contribution in [2.75, 3.05) is 6.54 Å². The van der Waals surface area contributed by atoms with Crippen LogP contribution in [0.25, 0.3) is 0 Å². The number of ether oxygens (including phenoxy) is 1. The summed E-state index contributed by atoms with van der Waals surface area (Å²) in [5.41, 5.74) is 7.71. The van der Waals surface area contributed by atoms with E-state index in [-0.39, 0.29) is 18.6 Å². The highest BCUT2D eigenvalue weighted by molar-refractivity contribution is 8.77. The number of esters is 1. The molecule has 12 nitrogen and oxygen atoms in total. The number of nitrogens with two attached hydrogens (primary N) is 1. The van der Waals surface area contributed by atoms with Gasteiger partial charge in [0.2, 0.25) is 23.6 Å². The predicted molar refractivity (Wildman–Crippen MR) is 183 cm³/mol. The standard InChI is InChI=1S/C33H45N5O7S2/c1-19(2)45-31(44)27-33(5,6)47-46-32(3,4)26(37-28(41)23(34)16-21-12-14-22(39)15-13-21)30(43)35-18-25(40)36-24(29(42)38-27)17-20-10-8-7-9-11-20/h7-15,19,23-24,26-27,39H,16-18,34H2,1-6H3,(H,35,43)(H,36,40)(H,37,41)(H,38,42). The third-order valence-corrected chi connectivity index (χ3v) is 11.6. The average molecular weight is 688 g/mol. The Bertz CT molecular complexity index is 1420. The minimum absolute atomic E-state index is 0.0806. The first-order valence-electron chi connectivity index (χ1n) is 15.3. The van der Waals surface area contributed by atoms with Crippen LogP contribution in [0, 0.1) is 0 Å². The lowest BCUT2D eigenvalue weighted by atomic mass is 10.00. The first kappa shape index (κ1) is 37.7. The van der Waals surface area contributed by atoms with E-state index in [2.05, 4.69) is 21.3 Å². The maximum atomic E-state index is 13.7. The molecule has 1 aliphatic heterocycles. The van der Waals surface area contributed by atoms with Gasteiger partial charge in [0.1, 0.15) is 23.9 Å². The van der Waals surface area contributed by atoms with Gasteiger partial charge >= 0.3 is 5.97 Å². The molecule has 0 aliphatic carbocycles. The molecule has 1 fully saturated rings. The largest absolute Gasteiger partial charge is 0.508 e. The molecule has 0 spiro atoms. The van der Waals surface area contributed by atoms with Crippen molar-refractivity contribution in [2.24, 2.45) is 5.73 Å². The van der Waals surface area contributed by atoms with Gasteiger partial charge in [0.15, 0.2) is 0 Å². The molecule has 4 atom stereocenters. The molecule has 14 heteroatoms. The van der Waals surface area contributed by atoms with Gasteiger partial charge in [-0.25, -0.2) is 4.79 Å². The van der Waals surface area contributed by atoms with Crippen molar-refractivity contribution >= 4 is 51.2 Å². The highest BCUT2D eigenvalue weighted by Gasteiger charge is 2.45. The van der Waals surface area contributed by atoms with Crippen molar-refractivity contribution < 1.29 is 33.8 Å². The van der Waals surface area contributed by atoms with Crippen LogP contribution in [-0.4, -0.2) is 81.0 Å². The van der Waals surface area contributed by atoms with Gasteiger partial charge in [-0.15, -0.1) is 0 Å². The molecule has 4 unspecified atom stereocenters. The lowest BCUT2D eigenvalue weighted by Crippen LogP contribution is -2.62. The van der Waals surface area contributed by atoms with E-state index >= 15 is 0 Å². The molecular formula is C33H45N5O7S2. The molecule has 0 bridgehead atoms. The van der Waals surface area contributed by atoms with Gasteiger partial charge in [0.05, 0.1) is 23.4 Å². The van der Waals surface area contributed by atoms with Crippen molar-refractivity contribution in [1.82, 2.24) is 21.3 Å². The molecule has 256 valence electrons. The van der Waals surface area contributed by atoms with Gasteiger partial charge in [0, 0.05) is 11.2 Å². The summed E-state index contributed by atoms with van der Waals surface area (Å²) in [6.45, 7) is 9.98. The molecule has 2 aromatic rings. The number of nitrogens with one attached hydrogen (secondary N) is 4. The zero-order valence-electron chi connectivity index (χ0n) is 27.5. The van der Waals surface area contributed by atoms with E-state index in [1.165, 1.54) is 33.7 Å². The second-order valence-electron chi connectivity index (χ2n) is 12.7. The fourth-order valence-corrected chi connectivity index (χ4v) is 7.54. The van der Waals surface area contributed by atoms with E-state index in [9.17, 15) is 29.1 Å². The Labute approximate surface area is 283 Å². The van der Waals surface area contributed by atoms with Crippen LogP contribution < -0.4 is 27.0 Å². The molecule has 47 heavy (non-hydrogen) atoms.